The number of nitrogens with zero attached hydrogens (tertiary/aromatic N) is 1. The number of esters is 1. The average Bonchev–Trinajstić information content (AvgIpc) is 2.30. The number of methoxy groups -OCH3 is 1. The summed E-state index contributed by atoms with van der Waals surface area (Å²) < 4.78 is 5.64. The first kappa shape index (κ1) is 15.5. The topological polar surface area (TPSA) is 29.5 Å². The summed E-state index contributed by atoms with van der Waals surface area (Å²) in [7, 11) is 1.40. The second-order valence-electron chi connectivity index (χ2n) is 4.31. The number of hydrogen-bond acceptors (Lipinski definition) is 3. The number of rotatable bonds is 5. The zero-order chi connectivity index (χ0) is 13.7. The van der Waals surface area contributed by atoms with Gasteiger partial charge >= 0.3 is 5.97 Å². The normalized spacial score (nSPS) is 11.1. The smallest absolute Gasteiger partial charge is 0.319 e. The molecule has 0 aliphatic carbocycles. The van der Waals surface area contributed by atoms with Gasteiger partial charge in [-0.15, -0.1) is 0 Å². The first-order valence-electron chi connectivity index (χ1n) is 5.68. The van der Waals surface area contributed by atoms with Crippen LogP contribution in [0.4, 0.5) is 0 Å². The monoisotopic (exact) mass is 333 g/mol. The molecule has 0 bridgehead atoms. The molecule has 0 heterocycles. The number of hydrogen-bond donors (Lipinski definition) is 0. The highest BCUT2D eigenvalue weighted by atomic mass is 79.9. The fraction of sp³-hybridized carbons (Fsp3) is 0.462. The zero-order valence-electron chi connectivity index (χ0n) is 10.7. The van der Waals surface area contributed by atoms with Gasteiger partial charge in [-0.05, 0) is 31.5 Å². The Kier molecular flexibility index (Phi) is 6.12. The second-order valence-corrected chi connectivity index (χ2v) is 5.63. The van der Waals surface area contributed by atoms with Gasteiger partial charge in [0, 0.05) is 22.1 Å². The molecule has 18 heavy (non-hydrogen) atoms. The fourth-order valence-corrected chi connectivity index (χ4v) is 2.25. The molecule has 0 aliphatic rings. The molecular weight excluding hydrogens is 318 g/mol. The van der Waals surface area contributed by atoms with E-state index in [1.165, 1.54) is 7.11 Å². The molecule has 0 atom stereocenters. The van der Waals surface area contributed by atoms with Crippen LogP contribution >= 0.6 is 27.5 Å². The van der Waals surface area contributed by atoms with E-state index in [1.807, 2.05) is 36.9 Å². The molecule has 0 aliphatic heterocycles. The third-order valence-electron chi connectivity index (χ3n) is 2.68. The standard InChI is InChI=1S/C13H17BrClNO2/c1-9(2)16(8-13(17)18-3)7-10-4-5-11(14)6-12(10)15/h4-6,9H,7-8H2,1-3H3. The van der Waals surface area contributed by atoms with E-state index < -0.39 is 0 Å². The third kappa shape index (κ3) is 4.59. The predicted molar refractivity (Wildman–Crippen MR) is 76.7 cm³/mol. The minimum Gasteiger partial charge on any atom is -0.468 e. The molecule has 0 saturated heterocycles. The number of ether oxygens (including phenoxy) is 1. The molecule has 5 heteroatoms. The lowest BCUT2D eigenvalue weighted by molar-refractivity contribution is -0.142. The Morgan fingerprint density at radius 3 is 2.67 bits per heavy atom. The van der Waals surface area contributed by atoms with Crippen molar-refractivity contribution in [2.24, 2.45) is 0 Å². The average molecular weight is 335 g/mol. The summed E-state index contributed by atoms with van der Waals surface area (Å²) in [6.45, 7) is 4.96. The van der Waals surface area contributed by atoms with Gasteiger partial charge in [0.05, 0.1) is 13.7 Å². The highest BCUT2D eigenvalue weighted by molar-refractivity contribution is 9.10. The molecule has 3 nitrogen and oxygen atoms in total. The van der Waals surface area contributed by atoms with Gasteiger partial charge in [-0.3, -0.25) is 9.69 Å². The van der Waals surface area contributed by atoms with Crippen molar-refractivity contribution in [1.82, 2.24) is 4.90 Å². The third-order valence-corrected chi connectivity index (χ3v) is 3.52. The van der Waals surface area contributed by atoms with Gasteiger partial charge in [0.1, 0.15) is 0 Å². The number of benzene rings is 1. The summed E-state index contributed by atoms with van der Waals surface area (Å²) >= 11 is 9.55. The maximum Gasteiger partial charge on any atom is 0.319 e. The molecule has 1 rings (SSSR count). The van der Waals surface area contributed by atoms with Crippen LogP contribution in [-0.4, -0.2) is 30.6 Å². The van der Waals surface area contributed by atoms with Crippen molar-refractivity contribution < 1.29 is 9.53 Å². The van der Waals surface area contributed by atoms with Gasteiger partial charge in [-0.2, -0.15) is 0 Å². The van der Waals surface area contributed by atoms with Crippen molar-refractivity contribution in [3.05, 3.63) is 33.3 Å². The molecule has 0 N–H and O–H groups in total. The van der Waals surface area contributed by atoms with E-state index in [-0.39, 0.29) is 18.6 Å². The molecule has 0 radical (unpaired) electrons. The minimum absolute atomic E-state index is 0.239. The largest absolute Gasteiger partial charge is 0.468 e. The molecule has 1 aromatic carbocycles. The van der Waals surface area contributed by atoms with Crippen LogP contribution in [0.25, 0.3) is 0 Å². The van der Waals surface area contributed by atoms with Gasteiger partial charge < -0.3 is 4.74 Å². The van der Waals surface area contributed by atoms with Gasteiger partial charge in [0.25, 0.3) is 0 Å². The van der Waals surface area contributed by atoms with Crippen molar-refractivity contribution in [2.45, 2.75) is 26.4 Å². The van der Waals surface area contributed by atoms with Gasteiger partial charge in [0.15, 0.2) is 0 Å². The Hall–Kier alpha value is -0.580. The van der Waals surface area contributed by atoms with Gasteiger partial charge in [0.2, 0.25) is 0 Å². The highest BCUT2D eigenvalue weighted by Crippen LogP contribution is 2.23. The van der Waals surface area contributed by atoms with Crippen molar-refractivity contribution >= 4 is 33.5 Å². The minimum atomic E-state index is -0.239. The Labute approximate surface area is 121 Å². The SMILES string of the molecule is COC(=O)CN(Cc1ccc(Br)cc1Cl)C(C)C. The second kappa shape index (κ2) is 7.12. The van der Waals surface area contributed by atoms with Gasteiger partial charge in [-0.25, -0.2) is 0 Å². The Bertz CT molecular complexity index is 423. The first-order valence-corrected chi connectivity index (χ1v) is 6.86. The molecular formula is C13H17BrClNO2. The van der Waals surface area contributed by atoms with Crippen LogP contribution in [-0.2, 0) is 16.1 Å². The lowest BCUT2D eigenvalue weighted by atomic mass is 10.2. The maximum atomic E-state index is 11.4. The quantitative estimate of drug-likeness (QED) is 0.772. The van der Waals surface area contributed by atoms with Crippen LogP contribution in [0.5, 0.6) is 0 Å². The molecule has 0 aromatic heterocycles. The summed E-state index contributed by atoms with van der Waals surface area (Å²) in [5.74, 6) is -0.239. The lowest BCUT2D eigenvalue weighted by Crippen LogP contribution is -2.35. The van der Waals surface area contributed by atoms with Crippen LogP contribution in [0.15, 0.2) is 22.7 Å². The number of carbonyl (C=O) groups is 1. The lowest BCUT2D eigenvalue weighted by Gasteiger charge is -2.25. The number of carbonyl (C=O) groups excluding carboxylic acids is 1. The highest BCUT2D eigenvalue weighted by Gasteiger charge is 2.16. The van der Waals surface area contributed by atoms with Gasteiger partial charge in [-0.1, -0.05) is 33.6 Å². The van der Waals surface area contributed by atoms with Crippen molar-refractivity contribution in [3.8, 4) is 0 Å². The number of halogens is 2. The molecule has 100 valence electrons. The summed E-state index contributed by atoms with van der Waals surface area (Å²) in [4.78, 5) is 13.4. The summed E-state index contributed by atoms with van der Waals surface area (Å²) in [5, 5.41) is 0.694. The zero-order valence-corrected chi connectivity index (χ0v) is 13.1. The molecule has 0 spiro atoms. The van der Waals surface area contributed by atoms with Crippen LogP contribution in [0.3, 0.4) is 0 Å². The predicted octanol–water partition coefficient (Wildman–Crippen LogP) is 3.49. The van der Waals surface area contributed by atoms with Crippen LogP contribution in [0.1, 0.15) is 19.4 Å². The van der Waals surface area contributed by atoms with E-state index >= 15 is 0 Å². The Morgan fingerprint density at radius 2 is 2.17 bits per heavy atom. The van der Waals surface area contributed by atoms with Crippen molar-refractivity contribution in [3.63, 3.8) is 0 Å². The molecule has 1 aromatic rings. The van der Waals surface area contributed by atoms with E-state index in [9.17, 15) is 4.79 Å². The Morgan fingerprint density at radius 1 is 1.50 bits per heavy atom. The summed E-state index contributed by atoms with van der Waals surface area (Å²) in [6.07, 6.45) is 0. The van der Waals surface area contributed by atoms with E-state index in [0.29, 0.717) is 11.6 Å². The van der Waals surface area contributed by atoms with E-state index in [2.05, 4.69) is 15.9 Å². The van der Waals surface area contributed by atoms with Crippen molar-refractivity contribution in [2.75, 3.05) is 13.7 Å². The van der Waals surface area contributed by atoms with E-state index in [0.717, 1.165) is 10.0 Å². The molecule has 0 amide bonds. The van der Waals surface area contributed by atoms with Crippen LogP contribution < -0.4 is 0 Å². The van der Waals surface area contributed by atoms with Crippen LogP contribution in [0.2, 0.25) is 5.02 Å². The maximum absolute atomic E-state index is 11.4. The van der Waals surface area contributed by atoms with E-state index in [4.69, 9.17) is 16.3 Å². The first-order chi connectivity index (χ1) is 8.43. The molecule has 0 unspecified atom stereocenters. The fourth-order valence-electron chi connectivity index (χ4n) is 1.52. The van der Waals surface area contributed by atoms with Crippen molar-refractivity contribution in [1.29, 1.82) is 0 Å². The summed E-state index contributed by atoms with van der Waals surface area (Å²) in [6, 6.07) is 5.99. The van der Waals surface area contributed by atoms with Crippen LogP contribution in [0, 0.1) is 0 Å². The Balaban J connectivity index is 2.80. The molecule has 0 saturated carbocycles. The molecule has 0 fully saturated rings. The van der Waals surface area contributed by atoms with E-state index in [1.54, 1.807) is 0 Å². The summed E-state index contributed by atoms with van der Waals surface area (Å²) in [5.41, 5.74) is 0.998.